The van der Waals surface area contributed by atoms with Crippen LogP contribution in [-0.4, -0.2) is 24.7 Å². The van der Waals surface area contributed by atoms with Gasteiger partial charge in [-0.15, -0.1) is 0 Å². The molecule has 0 bridgehead atoms. The summed E-state index contributed by atoms with van der Waals surface area (Å²) in [5.41, 5.74) is 0.653. The second kappa shape index (κ2) is 7.96. The normalized spacial score (nSPS) is 10.5. The van der Waals surface area contributed by atoms with Crippen LogP contribution in [0, 0.1) is 0 Å². The number of aromatic hydroxyl groups is 1. The average Bonchev–Trinajstić information content (AvgIpc) is 2.55. The van der Waals surface area contributed by atoms with Crippen molar-refractivity contribution >= 4 is 21.8 Å². The van der Waals surface area contributed by atoms with Gasteiger partial charge in [-0.1, -0.05) is 18.2 Å². The molecule has 24 heavy (non-hydrogen) atoms. The largest absolute Gasteiger partial charge is 0.503 e. The van der Waals surface area contributed by atoms with Gasteiger partial charge in [0, 0.05) is 17.7 Å². The van der Waals surface area contributed by atoms with Crippen molar-refractivity contribution in [2.45, 2.75) is 13.2 Å². The van der Waals surface area contributed by atoms with Gasteiger partial charge in [-0.2, -0.15) is 8.78 Å². The highest BCUT2D eigenvalue weighted by atomic mass is 79.9. The van der Waals surface area contributed by atoms with Gasteiger partial charge in [0.15, 0.2) is 11.5 Å². The summed E-state index contributed by atoms with van der Waals surface area (Å²) in [6.45, 7) is -2.94. The van der Waals surface area contributed by atoms with Gasteiger partial charge in [-0.3, -0.25) is 4.79 Å². The number of carbonyl (C=O) groups is 1. The van der Waals surface area contributed by atoms with Crippen LogP contribution < -0.4 is 14.8 Å². The topological polar surface area (TPSA) is 67.8 Å². The number of methoxy groups -OCH3 is 1. The quantitative estimate of drug-likeness (QED) is 0.774. The summed E-state index contributed by atoms with van der Waals surface area (Å²) in [7, 11) is 1.36. The summed E-state index contributed by atoms with van der Waals surface area (Å²) in [6.07, 6.45) is 0. The van der Waals surface area contributed by atoms with Crippen LogP contribution in [0.1, 0.15) is 15.9 Å². The lowest BCUT2D eigenvalue weighted by atomic mass is 10.1. The Hall–Kier alpha value is -2.35. The maximum absolute atomic E-state index is 12.4. The van der Waals surface area contributed by atoms with E-state index in [0.717, 1.165) is 0 Å². The summed E-state index contributed by atoms with van der Waals surface area (Å²) < 4.78 is 34.4. The van der Waals surface area contributed by atoms with E-state index >= 15 is 0 Å². The van der Waals surface area contributed by atoms with Gasteiger partial charge in [0.2, 0.25) is 0 Å². The van der Waals surface area contributed by atoms with E-state index in [0.29, 0.717) is 10.0 Å². The maximum atomic E-state index is 12.4. The predicted octanol–water partition coefficient (Wildman–Crippen LogP) is 3.69. The fourth-order valence-electron chi connectivity index (χ4n) is 2.00. The van der Waals surface area contributed by atoms with Gasteiger partial charge in [-0.25, -0.2) is 0 Å². The van der Waals surface area contributed by atoms with E-state index in [4.69, 9.17) is 4.74 Å². The first-order valence-electron chi connectivity index (χ1n) is 6.79. The number of amides is 1. The Bertz CT molecular complexity index is 740. The first kappa shape index (κ1) is 18.0. The van der Waals surface area contributed by atoms with Crippen molar-refractivity contribution in [1.29, 1.82) is 0 Å². The molecule has 128 valence electrons. The minimum atomic E-state index is -2.95. The number of carbonyl (C=O) groups excluding carboxylic acids is 1. The summed E-state index contributed by atoms with van der Waals surface area (Å²) in [5.74, 6) is -0.446. The van der Waals surface area contributed by atoms with Crippen LogP contribution in [0.15, 0.2) is 40.9 Å². The molecular weight excluding hydrogens is 388 g/mol. The molecule has 0 radical (unpaired) electrons. The number of para-hydroxylation sites is 1. The lowest BCUT2D eigenvalue weighted by Gasteiger charge is -2.12. The van der Waals surface area contributed by atoms with E-state index in [2.05, 4.69) is 26.0 Å². The minimum Gasteiger partial charge on any atom is -0.503 e. The summed E-state index contributed by atoms with van der Waals surface area (Å²) >= 11 is 3.13. The molecule has 0 atom stereocenters. The van der Waals surface area contributed by atoms with E-state index in [1.807, 2.05) is 0 Å². The Morgan fingerprint density at radius 1 is 1.29 bits per heavy atom. The zero-order valence-corrected chi connectivity index (χ0v) is 14.1. The molecule has 0 saturated carbocycles. The Morgan fingerprint density at radius 2 is 2.00 bits per heavy atom. The molecule has 0 aliphatic heterocycles. The molecule has 0 fully saturated rings. The number of rotatable bonds is 6. The Morgan fingerprint density at radius 3 is 2.67 bits per heavy atom. The van der Waals surface area contributed by atoms with Crippen molar-refractivity contribution in [2.24, 2.45) is 0 Å². The molecular formula is C16H14BrF2NO4. The number of benzene rings is 2. The van der Waals surface area contributed by atoms with Crippen molar-refractivity contribution in [3.63, 3.8) is 0 Å². The number of alkyl halides is 2. The van der Waals surface area contributed by atoms with Gasteiger partial charge in [0.25, 0.3) is 5.91 Å². The van der Waals surface area contributed by atoms with Crippen LogP contribution in [0.2, 0.25) is 0 Å². The van der Waals surface area contributed by atoms with Gasteiger partial charge in [-0.05, 0) is 34.1 Å². The van der Waals surface area contributed by atoms with Crippen LogP contribution in [0.4, 0.5) is 8.78 Å². The van der Waals surface area contributed by atoms with Gasteiger partial charge in [0.05, 0.1) is 11.6 Å². The van der Waals surface area contributed by atoms with Gasteiger partial charge >= 0.3 is 6.61 Å². The molecule has 0 aromatic heterocycles. The molecule has 0 aliphatic carbocycles. The number of halogens is 3. The molecule has 0 spiro atoms. The molecule has 1 amide bonds. The maximum Gasteiger partial charge on any atom is 0.387 e. The number of ether oxygens (including phenoxy) is 2. The van der Waals surface area contributed by atoms with Crippen LogP contribution >= 0.6 is 15.9 Å². The van der Waals surface area contributed by atoms with Crippen molar-refractivity contribution in [3.05, 3.63) is 52.0 Å². The van der Waals surface area contributed by atoms with Crippen molar-refractivity contribution in [3.8, 4) is 17.2 Å². The second-order valence-corrected chi connectivity index (χ2v) is 5.53. The highest BCUT2D eigenvalue weighted by Gasteiger charge is 2.15. The molecule has 2 aromatic carbocycles. The molecule has 0 aliphatic rings. The summed E-state index contributed by atoms with van der Waals surface area (Å²) in [4.78, 5) is 12.2. The number of hydrogen-bond acceptors (Lipinski definition) is 4. The first-order valence-corrected chi connectivity index (χ1v) is 7.59. The first-order chi connectivity index (χ1) is 11.4. The zero-order valence-electron chi connectivity index (χ0n) is 12.6. The molecule has 2 rings (SSSR count). The fraction of sp³-hybridized carbons (Fsp3) is 0.188. The SMILES string of the molecule is COc1cc(C(=O)NCc2ccccc2OC(F)F)cc(Br)c1O. The zero-order chi connectivity index (χ0) is 17.7. The van der Waals surface area contributed by atoms with Crippen LogP contribution in [-0.2, 0) is 6.54 Å². The van der Waals surface area contributed by atoms with E-state index in [9.17, 15) is 18.7 Å². The molecule has 0 unspecified atom stereocenters. The Kier molecular flexibility index (Phi) is 5.97. The van der Waals surface area contributed by atoms with Crippen LogP contribution in [0.3, 0.4) is 0 Å². The van der Waals surface area contributed by atoms with Gasteiger partial charge < -0.3 is 19.9 Å². The molecule has 2 aromatic rings. The Labute approximate surface area is 145 Å². The standard InChI is InChI=1S/C16H14BrF2NO4/c1-23-13-7-10(6-11(17)14(13)21)15(22)20-8-9-4-2-3-5-12(9)24-16(18)19/h2-7,16,21H,8H2,1H3,(H,20,22). The lowest BCUT2D eigenvalue weighted by Crippen LogP contribution is -2.23. The second-order valence-electron chi connectivity index (χ2n) is 4.68. The van der Waals surface area contributed by atoms with Crippen molar-refractivity contribution < 1.29 is 28.2 Å². The molecule has 2 N–H and O–H groups in total. The van der Waals surface area contributed by atoms with Crippen molar-refractivity contribution in [1.82, 2.24) is 5.32 Å². The van der Waals surface area contributed by atoms with Crippen LogP contribution in [0.25, 0.3) is 0 Å². The van der Waals surface area contributed by atoms with E-state index in [-0.39, 0.29) is 29.4 Å². The number of phenols is 1. The van der Waals surface area contributed by atoms with E-state index in [1.165, 1.54) is 25.3 Å². The smallest absolute Gasteiger partial charge is 0.387 e. The van der Waals surface area contributed by atoms with E-state index in [1.54, 1.807) is 18.2 Å². The predicted molar refractivity (Wildman–Crippen MR) is 86.6 cm³/mol. The van der Waals surface area contributed by atoms with E-state index < -0.39 is 12.5 Å². The monoisotopic (exact) mass is 401 g/mol. The lowest BCUT2D eigenvalue weighted by molar-refractivity contribution is -0.0504. The third-order valence-corrected chi connectivity index (χ3v) is 3.74. The fourth-order valence-corrected chi connectivity index (χ4v) is 2.44. The van der Waals surface area contributed by atoms with Crippen molar-refractivity contribution in [2.75, 3.05) is 7.11 Å². The summed E-state index contributed by atoms with van der Waals surface area (Å²) in [5, 5.41) is 12.3. The highest BCUT2D eigenvalue weighted by Crippen LogP contribution is 2.35. The van der Waals surface area contributed by atoms with Crippen LogP contribution in [0.5, 0.6) is 17.2 Å². The molecule has 0 heterocycles. The third-order valence-electron chi connectivity index (χ3n) is 3.14. The number of nitrogens with one attached hydrogen (secondary N) is 1. The molecule has 8 heteroatoms. The molecule has 0 saturated heterocycles. The molecule has 5 nitrogen and oxygen atoms in total. The average molecular weight is 402 g/mol. The Balaban J connectivity index is 2.13. The van der Waals surface area contributed by atoms with Gasteiger partial charge in [0.1, 0.15) is 5.75 Å². The number of phenolic OH excluding ortho intramolecular Hbond substituents is 1. The number of hydrogen-bond donors (Lipinski definition) is 2. The minimum absolute atomic E-state index is 0.00252. The summed E-state index contributed by atoms with van der Waals surface area (Å²) in [6, 6.07) is 8.98. The third kappa shape index (κ3) is 4.35. The highest BCUT2D eigenvalue weighted by molar-refractivity contribution is 9.10.